The Morgan fingerprint density at radius 2 is 1.76 bits per heavy atom. The largest absolute Gasteiger partial charge is 0.478 e. The van der Waals surface area contributed by atoms with Crippen molar-refractivity contribution in [3.63, 3.8) is 0 Å². The van der Waals surface area contributed by atoms with Gasteiger partial charge in [-0.05, 0) is 42.5 Å². The van der Waals surface area contributed by atoms with Gasteiger partial charge >= 0.3 is 5.97 Å². The Kier molecular flexibility index (Phi) is 4.15. The fourth-order valence-electron chi connectivity index (χ4n) is 1.55. The molecular formula is C13H9ClFNO4S. The van der Waals surface area contributed by atoms with Gasteiger partial charge in [0.1, 0.15) is 5.82 Å². The fourth-order valence-corrected chi connectivity index (χ4v) is 2.90. The molecule has 0 aromatic heterocycles. The number of hydrogen-bond acceptors (Lipinski definition) is 3. The van der Waals surface area contributed by atoms with Crippen LogP contribution in [0.3, 0.4) is 0 Å². The van der Waals surface area contributed by atoms with Gasteiger partial charge in [0, 0.05) is 0 Å². The van der Waals surface area contributed by atoms with Gasteiger partial charge in [0.25, 0.3) is 10.0 Å². The predicted octanol–water partition coefficient (Wildman–Crippen LogP) is 2.98. The number of rotatable bonds is 4. The van der Waals surface area contributed by atoms with Crippen molar-refractivity contribution in [3.05, 3.63) is 58.9 Å². The Morgan fingerprint density at radius 1 is 1.14 bits per heavy atom. The molecule has 0 saturated carbocycles. The van der Waals surface area contributed by atoms with Crippen molar-refractivity contribution < 1.29 is 22.7 Å². The molecule has 5 nitrogen and oxygen atoms in total. The molecule has 110 valence electrons. The zero-order chi connectivity index (χ0) is 15.6. The first-order valence-electron chi connectivity index (χ1n) is 5.61. The summed E-state index contributed by atoms with van der Waals surface area (Å²) in [5.41, 5.74) is -0.00542. The second kappa shape index (κ2) is 5.71. The number of benzene rings is 2. The zero-order valence-electron chi connectivity index (χ0n) is 10.4. The van der Waals surface area contributed by atoms with Crippen LogP contribution < -0.4 is 4.72 Å². The van der Waals surface area contributed by atoms with Crippen molar-refractivity contribution in [1.29, 1.82) is 0 Å². The van der Waals surface area contributed by atoms with E-state index in [0.717, 1.165) is 24.3 Å². The van der Waals surface area contributed by atoms with Crippen molar-refractivity contribution >= 4 is 33.3 Å². The lowest BCUT2D eigenvalue weighted by Crippen LogP contribution is -2.13. The summed E-state index contributed by atoms with van der Waals surface area (Å²) in [4.78, 5) is 10.6. The monoisotopic (exact) mass is 329 g/mol. The average molecular weight is 330 g/mol. The average Bonchev–Trinajstić information content (AvgIpc) is 2.42. The number of anilines is 1. The molecule has 2 N–H and O–H groups in total. The molecule has 0 aliphatic carbocycles. The second-order valence-electron chi connectivity index (χ2n) is 4.06. The number of aromatic carboxylic acids is 1. The molecule has 0 aliphatic heterocycles. The van der Waals surface area contributed by atoms with Gasteiger partial charge in [-0.1, -0.05) is 11.6 Å². The lowest BCUT2D eigenvalue weighted by molar-refractivity contribution is 0.0696. The van der Waals surface area contributed by atoms with Crippen LogP contribution in [-0.4, -0.2) is 19.5 Å². The molecule has 0 radical (unpaired) electrons. The summed E-state index contributed by atoms with van der Waals surface area (Å²) in [6.45, 7) is 0. The minimum Gasteiger partial charge on any atom is -0.478 e. The third-order valence-electron chi connectivity index (χ3n) is 2.59. The van der Waals surface area contributed by atoms with Crippen molar-refractivity contribution in [2.75, 3.05) is 4.72 Å². The second-order valence-corrected chi connectivity index (χ2v) is 6.15. The van der Waals surface area contributed by atoms with Crippen LogP contribution in [0.5, 0.6) is 0 Å². The first-order chi connectivity index (χ1) is 9.79. The van der Waals surface area contributed by atoms with Crippen molar-refractivity contribution in [2.45, 2.75) is 4.90 Å². The standard InChI is InChI=1S/C13H9ClFNO4S/c14-11-7-9(15)3-6-12(11)16-21(19,20)10-4-1-8(2-5-10)13(17)18/h1-7,16H,(H,17,18). The molecule has 0 fully saturated rings. The van der Waals surface area contributed by atoms with Gasteiger partial charge in [-0.15, -0.1) is 0 Å². The number of carbonyl (C=O) groups is 1. The van der Waals surface area contributed by atoms with Crippen LogP contribution >= 0.6 is 11.6 Å². The Labute approximate surface area is 125 Å². The molecule has 2 aromatic rings. The first-order valence-corrected chi connectivity index (χ1v) is 7.47. The lowest BCUT2D eigenvalue weighted by atomic mass is 10.2. The summed E-state index contributed by atoms with van der Waals surface area (Å²) in [6, 6.07) is 7.89. The zero-order valence-corrected chi connectivity index (χ0v) is 12.0. The van der Waals surface area contributed by atoms with Gasteiger partial charge in [-0.3, -0.25) is 4.72 Å². The van der Waals surface area contributed by atoms with Crippen LogP contribution in [0.4, 0.5) is 10.1 Å². The summed E-state index contributed by atoms with van der Waals surface area (Å²) in [6.07, 6.45) is 0. The van der Waals surface area contributed by atoms with E-state index in [1.165, 1.54) is 18.2 Å². The molecule has 0 amide bonds. The number of sulfonamides is 1. The molecule has 0 spiro atoms. The van der Waals surface area contributed by atoms with E-state index in [9.17, 15) is 17.6 Å². The van der Waals surface area contributed by atoms with Crippen LogP contribution in [0.2, 0.25) is 5.02 Å². The molecule has 0 heterocycles. The molecule has 21 heavy (non-hydrogen) atoms. The van der Waals surface area contributed by atoms with Crippen molar-refractivity contribution in [2.24, 2.45) is 0 Å². The number of halogens is 2. The van der Waals surface area contributed by atoms with Gasteiger partial charge in [0.15, 0.2) is 0 Å². The third-order valence-corrected chi connectivity index (χ3v) is 4.28. The predicted molar refractivity (Wildman–Crippen MR) is 75.6 cm³/mol. The van der Waals surface area contributed by atoms with E-state index in [0.29, 0.717) is 0 Å². The SMILES string of the molecule is O=C(O)c1ccc(S(=O)(=O)Nc2ccc(F)cc2Cl)cc1. The summed E-state index contributed by atoms with van der Waals surface area (Å²) < 4.78 is 39.3. The molecule has 8 heteroatoms. The number of carboxylic acid groups (broad SMARTS) is 1. The highest BCUT2D eigenvalue weighted by molar-refractivity contribution is 7.92. The van der Waals surface area contributed by atoms with Gasteiger partial charge < -0.3 is 5.11 Å². The van der Waals surface area contributed by atoms with E-state index in [1.807, 2.05) is 0 Å². The third kappa shape index (κ3) is 3.50. The fraction of sp³-hybridized carbons (Fsp3) is 0. The maximum absolute atomic E-state index is 12.9. The van der Waals surface area contributed by atoms with Crippen molar-refractivity contribution in [1.82, 2.24) is 0 Å². The van der Waals surface area contributed by atoms with Crippen LogP contribution in [0.1, 0.15) is 10.4 Å². The summed E-state index contributed by atoms with van der Waals surface area (Å²) in [7, 11) is -3.94. The molecular weight excluding hydrogens is 321 g/mol. The van der Waals surface area contributed by atoms with E-state index in [2.05, 4.69) is 4.72 Å². The van der Waals surface area contributed by atoms with E-state index < -0.39 is 21.8 Å². The molecule has 2 rings (SSSR count). The van der Waals surface area contributed by atoms with E-state index in [4.69, 9.17) is 16.7 Å². The topological polar surface area (TPSA) is 83.5 Å². The van der Waals surface area contributed by atoms with E-state index >= 15 is 0 Å². The minimum atomic E-state index is -3.94. The van der Waals surface area contributed by atoms with Crippen molar-refractivity contribution in [3.8, 4) is 0 Å². The maximum atomic E-state index is 12.9. The Balaban J connectivity index is 2.31. The highest BCUT2D eigenvalue weighted by atomic mass is 35.5. The minimum absolute atomic E-state index is 0.0281. The normalized spacial score (nSPS) is 11.1. The van der Waals surface area contributed by atoms with Crippen LogP contribution in [0.15, 0.2) is 47.4 Å². The van der Waals surface area contributed by atoms with Gasteiger partial charge in [0.2, 0.25) is 0 Å². The Hall–Kier alpha value is -2.12. The lowest BCUT2D eigenvalue weighted by Gasteiger charge is -2.09. The quantitative estimate of drug-likeness (QED) is 0.903. The molecule has 2 aromatic carbocycles. The van der Waals surface area contributed by atoms with E-state index in [-0.39, 0.29) is 21.2 Å². The van der Waals surface area contributed by atoms with Gasteiger partial charge in [-0.25, -0.2) is 17.6 Å². The molecule has 0 bridgehead atoms. The summed E-state index contributed by atoms with van der Waals surface area (Å²) in [5.74, 6) is -1.75. The van der Waals surface area contributed by atoms with Crippen LogP contribution in [-0.2, 0) is 10.0 Å². The number of nitrogens with one attached hydrogen (secondary N) is 1. The smallest absolute Gasteiger partial charge is 0.335 e. The summed E-state index contributed by atoms with van der Waals surface area (Å²) >= 11 is 5.75. The highest BCUT2D eigenvalue weighted by Crippen LogP contribution is 2.25. The number of carboxylic acids is 1. The summed E-state index contributed by atoms with van der Waals surface area (Å²) in [5, 5.41) is 8.68. The Morgan fingerprint density at radius 3 is 2.29 bits per heavy atom. The molecule has 0 unspecified atom stereocenters. The number of hydrogen-bond donors (Lipinski definition) is 2. The first kappa shape index (κ1) is 15.3. The van der Waals surface area contributed by atoms with E-state index in [1.54, 1.807) is 0 Å². The van der Waals surface area contributed by atoms with Gasteiger partial charge in [-0.2, -0.15) is 0 Å². The molecule has 0 saturated heterocycles. The van der Waals surface area contributed by atoms with Crippen LogP contribution in [0, 0.1) is 5.82 Å². The van der Waals surface area contributed by atoms with Crippen LogP contribution in [0.25, 0.3) is 0 Å². The highest BCUT2D eigenvalue weighted by Gasteiger charge is 2.16. The molecule has 0 atom stereocenters. The maximum Gasteiger partial charge on any atom is 0.335 e. The molecule has 0 aliphatic rings. The van der Waals surface area contributed by atoms with Gasteiger partial charge in [0.05, 0.1) is 21.2 Å². The Bertz CT molecular complexity index is 790.